The molecule has 0 aliphatic carbocycles. The first-order chi connectivity index (χ1) is 22.2. The van der Waals surface area contributed by atoms with Crippen molar-refractivity contribution in [2.45, 2.75) is 123 Å². The Labute approximate surface area is 284 Å². The molecule has 3 aromatic carbocycles. The van der Waals surface area contributed by atoms with Crippen LogP contribution >= 0.6 is 21.5 Å². The Morgan fingerprint density at radius 2 is 1.04 bits per heavy atom. The van der Waals surface area contributed by atoms with E-state index in [1.165, 1.54) is 92.1 Å². The van der Waals surface area contributed by atoms with Crippen LogP contribution in [0.25, 0.3) is 0 Å². The third-order valence-electron chi connectivity index (χ3n) is 8.43. The molecule has 0 amide bonds. The molecular formula is C41H59BrO2P+. The zero-order valence-corrected chi connectivity index (χ0v) is 30.7. The van der Waals surface area contributed by atoms with Crippen molar-refractivity contribution in [1.29, 1.82) is 0 Å². The fourth-order valence-corrected chi connectivity index (χ4v) is 10.4. The number of unbranched alkanes of at least 4 members (excludes halogenated alkanes) is 10. The summed E-state index contributed by atoms with van der Waals surface area (Å²) in [7, 11) is 0. The van der Waals surface area contributed by atoms with Gasteiger partial charge in [0.15, 0.2) is 27.7 Å². The lowest BCUT2D eigenvalue weighted by Gasteiger charge is -2.20. The minimum atomic E-state index is -1.84. The molecule has 0 radical (unpaired) electrons. The summed E-state index contributed by atoms with van der Waals surface area (Å²) in [4.78, 5) is 0. The van der Waals surface area contributed by atoms with Gasteiger partial charge in [-0.2, -0.15) is 0 Å². The van der Waals surface area contributed by atoms with Crippen molar-refractivity contribution >= 4 is 37.4 Å². The number of hydrogen-bond donors (Lipinski definition) is 0. The Bertz CT molecular complexity index is 1100. The van der Waals surface area contributed by atoms with Crippen LogP contribution in [-0.4, -0.2) is 19.5 Å². The second-order valence-electron chi connectivity index (χ2n) is 12.2. The fourth-order valence-electron chi connectivity index (χ4n) is 5.69. The number of hydrogen-bond acceptors (Lipinski definition) is 2. The van der Waals surface area contributed by atoms with E-state index in [0.29, 0.717) is 0 Å². The maximum absolute atomic E-state index is 6.13. The highest BCUT2D eigenvalue weighted by Gasteiger charge is 2.43. The molecule has 0 unspecified atom stereocenters. The van der Waals surface area contributed by atoms with Gasteiger partial charge in [-0.25, -0.2) is 0 Å². The van der Waals surface area contributed by atoms with Gasteiger partial charge in [-0.15, -0.1) is 0 Å². The van der Waals surface area contributed by atoms with Crippen molar-refractivity contribution in [1.82, 2.24) is 0 Å². The molecule has 0 aliphatic rings. The Morgan fingerprint density at radius 3 is 1.58 bits per heavy atom. The van der Waals surface area contributed by atoms with Crippen LogP contribution in [0.4, 0.5) is 0 Å². The molecule has 0 N–H and O–H groups in total. The van der Waals surface area contributed by atoms with Gasteiger partial charge in [-0.1, -0.05) is 119 Å². The zero-order chi connectivity index (χ0) is 31.8. The van der Waals surface area contributed by atoms with Gasteiger partial charge in [0, 0.05) is 13.2 Å². The summed E-state index contributed by atoms with van der Waals surface area (Å²) >= 11 is 4.27. The van der Waals surface area contributed by atoms with Crippen LogP contribution in [0.5, 0.6) is 0 Å². The summed E-state index contributed by atoms with van der Waals surface area (Å²) in [6, 6.07) is 31.1. The first kappa shape index (κ1) is 37.7. The fraction of sp³-hybridized carbons (Fsp3) is 0.512. The van der Waals surface area contributed by atoms with Crippen LogP contribution in [0.15, 0.2) is 97.1 Å². The number of halogens is 1. The third kappa shape index (κ3) is 14.3. The van der Waals surface area contributed by atoms with Gasteiger partial charge in [0.1, 0.15) is 15.9 Å². The van der Waals surface area contributed by atoms with Gasteiger partial charge >= 0.3 is 0 Å². The van der Waals surface area contributed by atoms with Crippen molar-refractivity contribution in [3.63, 3.8) is 0 Å². The standard InChI is InChI=1S/C41H59BrO2P/c1-3-5-7-23-35-43-41(44-36-24-8-6-4-2)30-22-14-12-10-9-11-13-17-25-37-31-33-40(34-32-37)45(42,38-26-18-15-19-27-38)39-28-20-16-21-29-39/h9,11,15-16,18-21,26-29,31-34,41H,3-8,10,12-14,17,22-25,30,35-36H2,1-2H3/q+1/b11-9+. The molecule has 0 saturated carbocycles. The lowest BCUT2D eigenvalue weighted by molar-refractivity contribution is -0.148. The minimum Gasteiger partial charge on any atom is -0.353 e. The smallest absolute Gasteiger partial charge is 0.181 e. The average Bonchev–Trinajstić information content (AvgIpc) is 3.09. The van der Waals surface area contributed by atoms with Gasteiger partial charge < -0.3 is 9.47 Å². The molecule has 2 nitrogen and oxygen atoms in total. The largest absolute Gasteiger partial charge is 0.353 e. The molecule has 0 aliphatic heterocycles. The number of aryl methyl sites for hydroxylation is 1. The molecular weight excluding hydrogens is 635 g/mol. The van der Waals surface area contributed by atoms with E-state index in [4.69, 9.17) is 9.47 Å². The predicted molar refractivity (Wildman–Crippen MR) is 203 cm³/mol. The highest BCUT2D eigenvalue weighted by molar-refractivity contribution is 9.44. The molecule has 0 aromatic heterocycles. The first-order valence-corrected chi connectivity index (χ1v) is 21.7. The molecule has 3 rings (SSSR count). The van der Waals surface area contributed by atoms with Gasteiger partial charge in [-0.3, -0.25) is 0 Å². The summed E-state index contributed by atoms with van der Waals surface area (Å²) in [5.41, 5.74) is 1.42. The second-order valence-corrected chi connectivity index (χ2v) is 18.1. The molecule has 45 heavy (non-hydrogen) atoms. The number of allylic oxidation sites excluding steroid dienone is 2. The second kappa shape index (κ2) is 23.5. The molecule has 0 saturated heterocycles. The van der Waals surface area contributed by atoms with Gasteiger partial charge in [0.05, 0.1) is 0 Å². The van der Waals surface area contributed by atoms with E-state index in [1.54, 1.807) is 0 Å². The van der Waals surface area contributed by atoms with E-state index >= 15 is 0 Å². The molecule has 0 atom stereocenters. The normalized spacial score (nSPS) is 12.0. The molecule has 246 valence electrons. The van der Waals surface area contributed by atoms with E-state index < -0.39 is 5.96 Å². The number of ether oxygens (including phenoxy) is 2. The summed E-state index contributed by atoms with van der Waals surface area (Å²) in [6.07, 6.45) is 24.1. The Kier molecular flexibility index (Phi) is 19.7. The molecule has 0 fully saturated rings. The number of benzene rings is 3. The summed E-state index contributed by atoms with van der Waals surface area (Å²) < 4.78 is 12.3. The maximum Gasteiger partial charge on any atom is 0.181 e. The average molecular weight is 695 g/mol. The van der Waals surface area contributed by atoms with Crippen molar-refractivity contribution in [3.8, 4) is 0 Å². The number of rotatable bonds is 25. The van der Waals surface area contributed by atoms with Gasteiger partial charge in [0.25, 0.3) is 0 Å². The Hall–Kier alpha value is -1.77. The lowest BCUT2D eigenvalue weighted by atomic mass is 10.1. The van der Waals surface area contributed by atoms with E-state index in [1.807, 2.05) is 0 Å². The van der Waals surface area contributed by atoms with Crippen LogP contribution < -0.4 is 15.9 Å². The van der Waals surface area contributed by atoms with Crippen LogP contribution in [-0.2, 0) is 15.9 Å². The monoisotopic (exact) mass is 693 g/mol. The maximum atomic E-state index is 6.13. The Morgan fingerprint density at radius 1 is 0.556 bits per heavy atom. The van der Waals surface area contributed by atoms with E-state index in [9.17, 15) is 0 Å². The minimum absolute atomic E-state index is 0.0117. The van der Waals surface area contributed by atoms with Crippen LogP contribution in [0.3, 0.4) is 0 Å². The summed E-state index contributed by atoms with van der Waals surface area (Å²) in [5, 5.41) is 4.07. The van der Waals surface area contributed by atoms with Crippen molar-refractivity contribution in [2.75, 3.05) is 13.2 Å². The highest BCUT2D eigenvalue weighted by atomic mass is 79.9. The molecule has 0 heterocycles. The SMILES string of the molecule is CCCCCCOC(CCCCC/C=C/CCCc1ccc([P+](Br)(c2ccccc2)c2ccccc2)cc1)OCCCCCC. The van der Waals surface area contributed by atoms with Crippen LogP contribution in [0.1, 0.15) is 116 Å². The van der Waals surface area contributed by atoms with Gasteiger partial charge in [0.2, 0.25) is 0 Å². The molecule has 0 bridgehead atoms. The lowest BCUT2D eigenvalue weighted by Crippen LogP contribution is -2.26. The quantitative estimate of drug-likeness (QED) is 0.0380. The van der Waals surface area contributed by atoms with E-state index in [2.05, 4.69) is 126 Å². The van der Waals surface area contributed by atoms with Crippen molar-refractivity contribution in [3.05, 3.63) is 103 Å². The van der Waals surface area contributed by atoms with E-state index in [0.717, 1.165) is 45.3 Å². The van der Waals surface area contributed by atoms with Crippen molar-refractivity contribution < 1.29 is 9.47 Å². The first-order valence-electron chi connectivity index (χ1n) is 17.9. The van der Waals surface area contributed by atoms with Crippen LogP contribution in [0, 0.1) is 0 Å². The Balaban J connectivity index is 1.34. The third-order valence-corrected chi connectivity index (χ3v) is 15.1. The predicted octanol–water partition coefficient (Wildman–Crippen LogP) is 11.6. The van der Waals surface area contributed by atoms with Crippen molar-refractivity contribution in [2.24, 2.45) is 0 Å². The highest BCUT2D eigenvalue weighted by Crippen LogP contribution is 2.62. The molecule has 0 spiro atoms. The summed E-state index contributed by atoms with van der Waals surface area (Å²) in [5.74, 6) is -1.84. The molecule has 4 heteroatoms. The van der Waals surface area contributed by atoms with E-state index in [-0.39, 0.29) is 6.29 Å². The molecule has 3 aromatic rings. The zero-order valence-electron chi connectivity index (χ0n) is 28.2. The topological polar surface area (TPSA) is 18.5 Å². The van der Waals surface area contributed by atoms with Gasteiger partial charge in [-0.05, 0) is 99.7 Å². The van der Waals surface area contributed by atoms with Crippen LogP contribution in [0.2, 0.25) is 0 Å². The summed E-state index contributed by atoms with van der Waals surface area (Å²) in [6.45, 7) is 6.19.